The van der Waals surface area contributed by atoms with Gasteiger partial charge in [-0.15, -0.1) is 0 Å². The van der Waals surface area contributed by atoms with Crippen LogP contribution in [0.25, 0.3) is 11.5 Å². The summed E-state index contributed by atoms with van der Waals surface area (Å²) in [4.78, 5) is 4.30. The molecule has 0 spiro atoms. The predicted molar refractivity (Wildman–Crippen MR) is 83.5 cm³/mol. The van der Waals surface area contributed by atoms with Gasteiger partial charge in [-0.2, -0.15) is 4.98 Å². The molecule has 2 N–H and O–H groups in total. The molecular formula is C14H20N4O3S. The number of hydrogen-bond donors (Lipinski definition) is 2. The first-order chi connectivity index (χ1) is 10.5. The van der Waals surface area contributed by atoms with Gasteiger partial charge in [0.25, 0.3) is 5.89 Å². The van der Waals surface area contributed by atoms with Gasteiger partial charge in [-0.25, -0.2) is 13.1 Å². The second kappa shape index (κ2) is 7.48. The van der Waals surface area contributed by atoms with Gasteiger partial charge in [0.2, 0.25) is 10.0 Å². The molecule has 0 unspecified atom stereocenters. The molecule has 7 nitrogen and oxygen atoms in total. The minimum absolute atomic E-state index is 0.0417. The molecule has 1 atom stereocenters. The van der Waals surface area contributed by atoms with Gasteiger partial charge >= 0.3 is 0 Å². The van der Waals surface area contributed by atoms with Crippen molar-refractivity contribution in [1.82, 2.24) is 20.2 Å². The predicted octanol–water partition coefficient (Wildman–Crippen LogP) is 1.15. The van der Waals surface area contributed by atoms with Gasteiger partial charge < -0.3 is 9.84 Å². The lowest BCUT2D eigenvalue weighted by molar-refractivity contribution is 0.415. The van der Waals surface area contributed by atoms with Crippen molar-refractivity contribution in [2.24, 2.45) is 0 Å². The van der Waals surface area contributed by atoms with Crippen molar-refractivity contribution >= 4 is 10.0 Å². The number of sulfonamides is 1. The van der Waals surface area contributed by atoms with Gasteiger partial charge in [0.15, 0.2) is 5.82 Å². The Hall–Kier alpha value is -1.77. The summed E-state index contributed by atoms with van der Waals surface area (Å²) < 4.78 is 30.4. The lowest BCUT2D eigenvalue weighted by atomic mass is 10.2. The monoisotopic (exact) mass is 324 g/mol. The molecule has 0 bridgehead atoms. The minimum Gasteiger partial charge on any atom is -0.334 e. The summed E-state index contributed by atoms with van der Waals surface area (Å²) in [6.45, 7) is 4.21. The van der Waals surface area contributed by atoms with Crippen LogP contribution in [0.1, 0.15) is 19.7 Å². The summed E-state index contributed by atoms with van der Waals surface area (Å²) in [5.41, 5.74) is 0.866. The lowest BCUT2D eigenvalue weighted by Gasteiger charge is -2.12. The fraction of sp³-hybridized carbons (Fsp3) is 0.429. The normalized spacial score (nSPS) is 13.2. The van der Waals surface area contributed by atoms with Gasteiger partial charge in [-0.05, 0) is 26.0 Å². The summed E-state index contributed by atoms with van der Waals surface area (Å²) in [5.74, 6) is 1.08. The molecule has 1 heterocycles. The Morgan fingerprint density at radius 2 is 2.00 bits per heavy atom. The SMILES string of the molecule is CCS(=O)(=O)NC[C@H](C)NCc1noc(-c2ccccc2)n1. The van der Waals surface area contributed by atoms with E-state index >= 15 is 0 Å². The molecule has 2 aromatic rings. The van der Waals surface area contributed by atoms with E-state index in [2.05, 4.69) is 20.2 Å². The number of benzene rings is 1. The average Bonchev–Trinajstić information content (AvgIpc) is 3.01. The molecule has 2 rings (SSSR count). The van der Waals surface area contributed by atoms with Crippen LogP contribution in [0.5, 0.6) is 0 Å². The van der Waals surface area contributed by atoms with Crippen LogP contribution in [0.4, 0.5) is 0 Å². The molecule has 0 saturated carbocycles. The molecule has 0 radical (unpaired) electrons. The fourth-order valence-corrected chi connectivity index (χ4v) is 2.42. The van der Waals surface area contributed by atoms with Crippen molar-refractivity contribution in [1.29, 1.82) is 0 Å². The van der Waals surface area contributed by atoms with Crippen molar-refractivity contribution in [2.75, 3.05) is 12.3 Å². The summed E-state index contributed by atoms with van der Waals surface area (Å²) in [6.07, 6.45) is 0. The molecule has 0 saturated heterocycles. The molecule has 1 aromatic carbocycles. The maximum absolute atomic E-state index is 11.4. The maximum Gasteiger partial charge on any atom is 0.257 e. The summed E-state index contributed by atoms with van der Waals surface area (Å²) in [6, 6.07) is 9.47. The van der Waals surface area contributed by atoms with E-state index in [1.165, 1.54) is 0 Å². The summed E-state index contributed by atoms with van der Waals surface area (Å²) in [7, 11) is -3.17. The van der Waals surface area contributed by atoms with E-state index in [0.717, 1.165) is 5.56 Å². The number of nitrogens with zero attached hydrogens (tertiary/aromatic N) is 2. The topological polar surface area (TPSA) is 97.1 Å². The zero-order valence-corrected chi connectivity index (χ0v) is 13.4. The Labute approximate surface area is 130 Å². The van der Waals surface area contributed by atoms with Crippen molar-refractivity contribution in [2.45, 2.75) is 26.4 Å². The Morgan fingerprint density at radius 1 is 1.27 bits per heavy atom. The van der Waals surface area contributed by atoms with Gasteiger partial charge in [-0.3, -0.25) is 0 Å². The number of rotatable bonds is 8. The highest BCUT2D eigenvalue weighted by Gasteiger charge is 2.11. The van der Waals surface area contributed by atoms with Crippen LogP contribution < -0.4 is 10.0 Å². The third kappa shape index (κ3) is 4.90. The largest absolute Gasteiger partial charge is 0.334 e. The van der Waals surface area contributed by atoms with E-state index < -0.39 is 10.0 Å². The van der Waals surface area contributed by atoms with Crippen molar-refractivity contribution in [3.05, 3.63) is 36.2 Å². The molecule has 8 heteroatoms. The molecule has 0 aliphatic carbocycles. The van der Waals surface area contributed by atoms with Crippen molar-refractivity contribution < 1.29 is 12.9 Å². The maximum atomic E-state index is 11.4. The Bertz CT molecular complexity index is 685. The fourth-order valence-electron chi connectivity index (χ4n) is 1.72. The van der Waals surface area contributed by atoms with Gasteiger partial charge in [0.05, 0.1) is 12.3 Å². The van der Waals surface area contributed by atoms with Crippen LogP contribution >= 0.6 is 0 Å². The average molecular weight is 324 g/mol. The van der Waals surface area contributed by atoms with Crippen LogP contribution in [0, 0.1) is 0 Å². The van der Waals surface area contributed by atoms with E-state index in [1.807, 2.05) is 37.3 Å². The van der Waals surface area contributed by atoms with Crippen molar-refractivity contribution in [3.8, 4) is 11.5 Å². The van der Waals surface area contributed by atoms with Crippen molar-refractivity contribution in [3.63, 3.8) is 0 Å². The molecule has 0 aliphatic rings. The van der Waals surface area contributed by atoms with E-state index in [-0.39, 0.29) is 11.8 Å². The Balaban J connectivity index is 1.84. The van der Waals surface area contributed by atoms with Gasteiger partial charge in [0, 0.05) is 18.2 Å². The second-order valence-electron chi connectivity index (χ2n) is 4.92. The third-order valence-electron chi connectivity index (χ3n) is 3.09. The lowest BCUT2D eigenvalue weighted by Crippen LogP contribution is -2.39. The zero-order valence-electron chi connectivity index (χ0n) is 12.6. The quantitative estimate of drug-likeness (QED) is 0.756. The van der Waals surface area contributed by atoms with Gasteiger partial charge in [-0.1, -0.05) is 23.4 Å². The Kier molecular flexibility index (Phi) is 5.64. The highest BCUT2D eigenvalue weighted by atomic mass is 32.2. The third-order valence-corrected chi connectivity index (χ3v) is 4.45. The molecule has 0 aliphatic heterocycles. The molecule has 120 valence electrons. The van der Waals surface area contributed by atoms with E-state index in [9.17, 15) is 8.42 Å². The zero-order chi connectivity index (χ0) is 16.0. The summed E-state index contributed by atoms with van der Waals surface area (Å²) in [5, 5.41) is 7.05. The van der Waals surface area contributed by atoms with Crippen LogP contribution in [-0.2, 0) is 16.6 Å². The van der Waals surface area contributed by atoms with Crippen LogP contribution in [0.3, 0.4) is 0 Å². The van der Waals surface area contributed by atoms with E-state index in [1.54, 1.807) is 6.92 Å². The molecule has 0 fully saturated rings. The molecule has 22 heavy (non-hydrogen) atoms. The summed E-state index contributed by atoms with van der Waals surface area (Å²) >= 11 is 0. The first-order valence-electron chi connectivity index (χ1n) is 7.09. The molecule has 0 amide bonds. The first-order valence-corrected chi connectivity index (χ1v) is 8.74. The van der Waals surface area contributed by atoms with Crippen LogP contribution in [-0.4, -0.2) is 36.9 Å². The Morgan fingerprint density at radius 3 is 2.68 bits per heavy atom. The van der Waals surface area contributed by atoms with Crippen LogP contribution in [0.15, 0.2) is 34.9 Å². The standard InChI is InChI=1S/C14H20N4O3S/c1-3-22(19,20)16-9-11(2)15-10-13-17-14(21-18-13)12-7-5-4-6-8-12/h4-8,11,15-16H,3,9-10H2,1-2H3/t11-/m0/s1. The van der Waals surface area contributed by atoms with E-state index in [4.69, 9.17) is 4.52 Å². The molecular weight excluding hydrogens is 304 g/mol. The van der Waals surface area contributed by atoms with Gasteiger partial charge in [0.1, 0.15) is 0 Å². The second-order valence-corrected chi connectivity index (χ2v) is 7.01. The highest BCUT2D eigenvalue weighted by Crippen LogP contribution is 2.15. The first kappa shape index (κ1) is 16.6. The highest BCUT2D eigenvalue weighted by molar-refractivity contribution is 7.89. The van der Waals surface area contributed by atoms with Crippen LogP contribution in [0.2, 0.25) is 0 Å². The smallest absolute Gasteiger partial charge is 0.257 e. The minimum atomic E-state index is -3.17. The molecule has 1 aromatic heterocycles. The number of hydrogen-bond acceptors (Lipinski definition) is 6. The van der Waals surface area contributed by atoms with E-state index in [0.29, 0.717) is 24.8 Å². The number of aromatic nitrogens is 2. The number of nitrogens with one attached hydrogen (secondary N) is 2.